The molecule has 0 aromatic heterocycles. The van der Waals surface area contributed by atoms with E-state index in [1.807, 2.05) is 0 Å². The molecule has 0 radical (unpaired) electrons. The van der Waals surface area contributed by atoms with Crippen LogP contribution in [-0.4, -0.2) is 50.4 Å². The molecular formula is C20H21FN2O4. The van der Waals surface area contributed by atoms with Gasteiger partial charge in [0, 0.05) is 25.2 Å². The van der Waals surface area contributed by atoms with E-state index in [4.69, 9.17) is 14.2 Å². The third-order valence-corrected chi connectivity index (χ3v) is 4.83. The van der Waals surface area contributed by atoms with E-state index in [9.17, 15) is 9.18 Å². The Bertz CT molecular complexity index is 806. The summed E-state index contributed by atoms with van der Waals surface area (Å²) >= 11 is 0. The smallest absolute Gasteiger partial charge is 0.251 e. The number of benzene rings is 2. The highest BCUT2D eigenvalue weighted by Gasteiger charge is 2.24. The lowest BCUT2D eigenvalue weighted by Crippen LogP contribution is -2.43. The molecule has 1 saturated heterocycles. The summed E-state index contributed by atoms with van der Waals surface area (Å²) in [6.07, 6.45) is 0. The van der Waals surface area contributed by atoms with Gasteiger partial charge in [0.25, 0.3) is 5.91 Å². The Kier molecular flexibility index (Phi) is 5.22. The van der Waals surface area contributed by atoms with Crippen LogP contribution in [0, 0.1) is 5.82 Å². The van der Waals surface area contributed by atoms with Gasteiger partial charge in [0.2, 0.25) is 6.79 Å². The molecular weight excluding hydrogens is 351 g/mol. The number of carbonyl (C=O) groups is 1. The molecule has 0 spiro atoms. The predicted molar refractivity (Wildman–Crippen MR) is 96.4 cm³/mol. The highest BCUT2D eigenvalue weighted by atomic mass is 19.1. The van der Waals surface area contributed by atoms with Crippen molar-refractivity contribution in [2.45, 2.75) is 6.04 Å². The van der Waals surface area contributed by atoms with Gasteiger partial charge in [-0.05, 0) is 35.9 Å². The Morgan fingerprint density at radius 3 is 2.59 bits per heavy atom. The molecule has 6 nitrogen and oxygen atoms in total. The summed E-state index contributed by atoms with van der Waals surface area (Å²) in [6, 6.07) is 11.5. The lowest BCUT2D eigenvalue weighted by atomic mass is 10.0. The summed E-state index contributed by atoms with van der Waals surface area (Å²) in [4.78, 5) is 14.9. The van der Waals surface area contributed by atoms with Crippen LogP contribution in [0.5, 0.6) is 11.5 Å². The van der Waals surface area contributed by atoms with Crippen molar-refractivity contribution in [1.29, 1.82) is 0 Å². The Morgan fingerprint density at radius 2 is 1.81 bits per heavy atom. The third kappa shape index (κ3) is 4.04. The highest BCUT2D eigenvalue weighted by molar-refractivity contribution is 5.95. The number of halogens is 1. The van der Waals surface area contributed by atoms with Gasteiger partial charge in [0.15, 0.2) is 11.5 Å². The van der Waals surface area contributed by atoms with Crippen molar-refractivity contribution in [3.05, 3.63) is 59.4 Å². The second-order valence-electron chi connectivity index (χ2n) is 6.49. The number of fused-ring (bicyclic) bond motifs is 1. The molecule has 2 aliphatic rings. The van der Waals surface area contributed by atoms with Crippen molar-refractivity contribution in [3.8, 4) is 11.5 Å². The number of amides is 1. The number of morpholine rings is 1. The van der Waals surface area contributed by atoms with Crippen LogP contribution in [0.3, 0.4) is 0 Å². The van der Waals surface area contributed by atoms with Crippen molar-refractivity contribution >= 4 is 5.91 Å². The maximum Gasteiger partial charge on any atom is 0.251 e. The fourth-order valence-electron chi connectivity index (χ4n) is 3.36. The van der Waals surface area contributed by atoms with E-state index in [1.54, 1.807) is 30.3 Å². The van der Waals surface area contributed by atoms with Crippen LogP contribution in [-0.2, 0) is 4.74 Å². The van der Waals surface area contributed by atoms with Crippen molar-refractivity contribution < 1.29 is 23.4 Å². The Balaban J connectivity index is 1.47. The van der Waals surface area contributed by atoms with Crippen LogP contribution in [0.15, 0.2) is 42.5 Å². The molecule has 4 rings (SSSR count). The Morgan fingerprint density at radius 1 is 1.07 bits per heavy atom. The van der Waals surface area contributed by atoms with Gasteiger partial charge in [0.1, 0.15) is 5.82 Å². The van der Waals surface area contributed by atoms with Crippen LogP contribution in [0.4, 0.5) is 4.39 Å². The molecule has 7 heteroatoms. The molecule has 2 aliphatic heterocycles. The number of nitrogens with one attached hydrogen (secondary N) is 1. The highest BCUT2D eigenvalue weighted by Crippen LogP contribution is 2.32. The molecule has 0 aliphatic carbocycles. The molecule has 1 atom stereocenters. The van der Waals surface area contributed by atoms with Gasteiger partial charge in [-0.2, -0.15) is 0 Å². The van der Waals surface area contributed by atoms with Crippen molar-refractivity contribution in [3.63, 3.8) is 0 Å². The van der Waals surface area contributed by atoms with Gasteiger partial charge in [-0.25, -0.2) is 4.39 Å². The van der Waals surface area contributed by atoms with E-state index in [1.165, 1.54) is 12.1 Å². The lowest BCUT2D eigenvalue weighted by Gasteiger charge is -2.35. The minimum atomic E-state index is -0.274. The van der Waals surface area contributed by atoms with Crippen LogP contribution in [0.25, 0.3) is 0 Å². The minimum absolute atomic E-state index is 0.0486. The molecule has 0 saturated carbocycles. The van der Waals surface area contributed by atoms with Crippen LogP contribution in [0.1, 0.15) is 22.0 Å². The normalized spacial score (nSPS) is 17.5. The lowest BCUT2D eigenvalue weighted by molar-refractivity contribution is 0.0162. The number of ether oxygens (including phenoxy) is 3. The second kappa shape index (κ2) is 7.94. The molecule has 1 fully saturated rings. The Hall–Kier alpha value is -2.64. The van der Waals surface area contributed by atoms with E-state index in [2.05, 4.69) is 10.2 Å². The van der Waals surface area contributed by atoms with E-state index < -0.39 is 0 Å². The third-order valence-electron chi connectivity index (χ3n) is 4.83. The quantitative estimate of drug-likeness (QED) is 0.873. The van der Waals surface area contributed by atoms with Gasteiger partial charge in [-0.3, -0.25) is 9.69 Å². The first kappa shape index (κ1) is 17.8. The summed E-state index contributed by atoms with van der Waals surface area (Å²) in [7, 11) is 0. The van der Waals surface area contributed by atoms with E-state index >= 15 is 0 Å². The summed E-state index contributed by atoms with van der Waals surface area (Å²) in [5.74, 6) is 0.757. The molecule has 2 aromatic carbocycles. The SMILES string of the molecule is O=C(NC[C@H](c1ccc(F)cc1)N1CCOCC1)c1ccc2c(c1)OCO2. The first-order chi connectivity index (χ1) is 13.2. The summed E-state index contributed by atoms with van der Waals surface area (Å²) in [5, 5.41) is 2.99. The van der Waals surface area contributed by atoms with Crippen LogP contribution < -0.4 is 14.8 Å². The first-order valence-electron chi connectivity index (χ1n) is 8.96. The summed E-state index contributed by atoms with van der Waals surface area (Å²) in [5.41, 5.74) is 1.48. The maximum atomic E-state index is 13.3. The molecule has 2 heterocycles. The largest absolute Gasteiger partial charge is 0.454 e. The summed E-state index contributed by atoms with van der Waals surface area (Å²) < 4.78 is 29.3. The van der Waals surface area contributed by atoms with Gasteiger partial charge < -0.3 is 19.5 Å². The molecule has 1 amide bonds. The van der Waals surface area contributed by atoms with E-state index in [0.717, 1.165) is 18.7 Å². The number of nitrogens with zero attached hydrogens (tertiary/aromatic N) is 1. The first-order valence-corrected chi connectivity index (χ1v) is 8.96. The number of hydrogen-bond donors (Lipinski definition) is 1. The number of rotatable bonds is 5. The average Bonchev–Trinajstić information content (AvgIpc) is 3.18. The van der Waals surface area contributed by atoms with Gasteiger partial charge in [-0.1, -0.05) is 12.1 Å². The molecule has 27 heavy (non-hydrogen) atoms. The zero-order chi connectivity index (χ0) is 18.6. The van der Waals surface area contributed by atoms with Crippen molar-refractivity contribution in [2.24, 2.45) is 0 Å². The fraction of sp³-hybridized carbons (Fsp3) is 0.350. The van der Waals surface area contributed by atoms with E-state index in [-0.39, 0.29) is 24.6 Å². The van der Waals surface area contributed by atoms with Gasteiger partial charge >= 0.3 is 0 Å². The molecule has 2 aromatic rings. The van der Waals surface area contributed by atoms with Crippen molar-refractivity contribution in [1.82, 2.24) is 10.2 Å². The molecule has 142 valence electrons. The van der Waals surface area contributed by atoms with E-state index in [0.29, 0.717) is 36.8 Å². The standard InChI is InChI=1S/C20H21FN2O4/c21-16-4-1-14(2-5-16)17(23-7-9-25-10-8-23)12-22-20(24)15-3-6-18-19(11-15)27-13-26-18/h1-6,11,17H,7-10,12-13H2,(H,22,24)/t17-/m1/s1. The van der Waals surface area contributed by atoms with Gasteiger partial charge in [-0.15, -0.1) is 0 Å². The monoisotopic (exact) mass is 372 g/mol. The molecule has 0 bridgehead atoms. The zero-order valence-electron chi connectivity index (χ0n) is 14.8. The van der Waals surface area contributed by atoms with Crippen LogP contribution >= 0.6 is 0 Å². The number of carbonyl (C=O) groups excluding carboxylic acids is 1. The Labute approximate surface area is 156 Å². The van der Waals surface area contributed by atoms with Gasteiger partial charge in [0.05, 0.1) is 19.3 Å². The average molecular weight is 372 g/mol. The minimum Gasteiger partial charge on any atom is -0.454 e. The fourth-order valence-corrected chi connectivity index (χ4v) is 3.36. The molecule has 0 unspecified atom stereocenters. The topological polar surface area (TPSA) is 60.0 Å². The molecule has 1 N–H and O–H groups in total. The zero-order valence-corrected chi connectivity index (χ0v) is 14.8. The maximum absolute atomic E-state index is 13.3. The second-order valence-corrected chi connectivity index (χ2v) is 6.49. The predicted octanol–water partition coefficient (Wildman–Crippen LogP) is 2.36. The van der Waals surface area contributed by atoms with Crippen LogP contribution in [0.2, 0.25) is 0 Å². The van der Waals surface area contributed by atoms with Crippen molar-refractivity contribution in [2.75, 3.05) is 39.6 Å². The number of hydrogen-bond acceptors (Lipinski definition) is 5. The summed E-state index contributed by atoms with van der Waals surface area (Å²) in [6.45, 7) is 3.41.